The highest BCUT2D eigenvalue weighted by Crippen LogP contribution is 2.28. The van der Waals surface area contributed by atoms with Crippen LogP contribution in [-0.4, -0.2) is 19.1 Å². The van der Waals surface area contributed by atoms with Crippen molar-refractivity contribution < 1.29 is 0 Å². The Bertz CT molecular complexity index is 537. The quantitative estimate of drug-likeness (QED) is 0.924. The van der Waals surface area contributed by atoms with Crippen LogP contribution in [0.25, 0.3) is 0 Å². The molecule has 2 rings (SSSR count). The average molecular weight is 326 g/mol. The minimum absolute atomic E-state index is 0.760. The Morgan fingerprint density at radius 1 is 1.39 bits per heavy atom. The van der Waals surface area contributed by atoms with Crippen LogP contribution in [0.1, 0.15) is 10.7 Å². The molecular formula is C13H16BrN3S. The van der Waals surface area contributed by atoms with Gasteiger partial charge in [0.15, 0.2) is 0 Å². The molecule has 1 N–H and O–H groups in total. The van der Waals surface area contributed by atoms with E-state index in [2.05, 4.69) is 48.6 Å². The molecule has 0 aliphatic heterocycles. The maximum Gasteiger partial charge on any atom is 0.112 e. The van der Waals surface area contributed by atoms with Gasteiger partial charge in [-0.05, 0) is 25.1 Å². The lowest BCUT2D eigenvalue weighted by molar-refractivity contribution is 1.06. The molecule has 0 saturated carbocycles. The predicted octanol–water partition coefficient (Wildman–Crippen LogP) is 3.89. The van der Waals surface area contributed by atoms with Gasteiger partial charge in [-0.25, -0.2) is 4.98 Å². The van der Waals surface area contributed by atoms with Gasteiger partial charge in [-0.3, -0.25) is 0 Å². The highest BCUT2D eigenvalue weighted by molar-refractivity contribution is 9.10. The first-order valence-electron chi connectivity index (χ1n) is 5.68. The molecule has 0 amide bonds. The lowest BCUT2D eigenvalue weighted by Gasteiger charge is -2.18. The number of hydrogen-bond donors (Lipinski definition) is 1. The average Bonchev–Trinajstić information content (AvgIpc) is 2.72. The van der Waals surface area contributed by atoms with Crippen LogP contribution in [0.15, 0.2) is 28.1 Å². The van der Waals surface area contributed by atoms with Gasteiger partial charge < -0.3 is 10.2 Å². The molecule has 0 radical (unpaired) electrons. The van der Waals surface area contributed by atoms with E-state index in [0.29, 0.717) is 0 Å². The monoisotopic (exact) mass is 325 g/mol. The minimum Gasteiger partial charge on any atom is -0.377 e. The van der Waals surface area contributed by atoms with E-state index < -0.39 is 0 Å². The number of anilines is 2. The molecule has 1 heterocycles. The van der Waals surface area contributed by atoms with Gasteiger partial charge in [0, 0.05) is 29.6 Å². The Labute approximate surface area is 120 Å². The second kappa shape index (κ2) is 5.71. The zero-order valence-corrected chi connectivity index (χ0v) is 13.1. The van der Waals surface area contributed by atoms with Crippen LogP contribution in [0, 0.1) is 6.92 Å². The molecule has 0 spiro atoms. The molecular weight excluding hydrogens is 310 g/mol. The first-order valence-corrected chi connectivity index (χ1v) is 7.35. The molecule has 5 heteroatoms. The number of rotatable bonds is 4. The zero-order chi connectivity index (χ0) is 13.1. The molecule has 0 unspecified atom stereocenters. The predicted molar refractivity (Wildman–Crippen MR) is 82.6 cm³/mol. The van der Waals surface area contributed by atoms with Gasteiger partial charge >= 0.3 is 0 Å². The molecule has 1 aromatic heterocycles. The van der Waals surface area contributed by atoms with Crippen LogP contribution in [0.3, 0.4) is 0 Å². The standard InChI is InChI=1S/C13H16BrN3S/c1-9-8-18-13(16-9)7-15-11-6-10(14)4-5-12(11)17(2)3/h4-6,8,15H,7H2,1-3H3. The number of halogens is 1. The van der Waals surface area contributed by atoms with E-state index in [9.17, 15) is 0 Å². The second-order valence-corrected chi connectivity index (χ2v) is 6.15. The maximum absolute atomic E-state index is 4.45. The highest BCUT2D eigenvalue weighted by atomic mass is 79.9. The van der Waals surface area contributed by atoms with Crippen molar-refractivity contribution in [2.45, 2.75) is 13.5 Å². The molecule has 0 fully saturated rings. The van der Waals surface area contributed by atoms with Crippen LogP contribution in [0.2, 0.25) is 0 Å². The Morgan fingerprint density at radius 2 is 2.17 bits per heavy atom. The molecule has 0 saturated heterocycles. The summed E-state index contributed by atoms with van der Waals surface area (Å²) in [6.07, 6.45) is 0. The summed E-state index contributed by atoms with van der Waals surface area (Å²) in [7, 11) is 4.09. The van der Waals surface area contributed by atoms with Gasteiger partial charge in [0.25, 0.3) is 0 Å². The number of thiazole rings is 1. The van der Waals surface area contributed by atoms with Crippen LogP contribution < -0.4 is 10.2 Å². The molecule has 0 aliphatic rings. The van der Waals surface area contributed by atoms with Crippen molar-refractivity contribution >= 4 is 38.6 Å². The summed E-state index contributed by atoms with van der Waals surface area (Å²) < 4.78 is 1.07. The van der Waals surface area contributed by atoms with Gasteiger partial charge in [0.1, 0.15) is 5.01 Å². The van der Waals surface area contributed by atoms with Gasteiger partial charge in [-0.1, -0.05) is 15.9 Å². The summed E-state index contributed by atoms with van der Waals surface area (Å²) in [5.74, 6) is 0. The topological polar surface area (TPSA) is 28.2 Å². The lowest BCUT2D eigenvalue weighted by atomic mass is 10.2. The molecule has 0 aliphatic carbocycles. The van der Waals surface area contributed by atoms with Crippen molar-refractivity contribution in [1.29, 1.82) is 0 Å². The molecule has 1 aromatic carbocycles. The van der Waals surface area contributed by atoms with E-state index in [0.717, 1.165) is 27.4 Å². The van der Waals surface area contributed by atoms with Crippen molar-refractivity contribution in [1.82, 2.24) is 4.98 Å². The number of aromatic nitrogens is 1. The van der Waals surface area contributed by atoms with E-state index in [1.165, 1.54) is 5.69 Å². The number of nitrogens with zero attached hydrogens (tertiary/aromatic N) is 2. The molecule has 0 atom stereocenters. The van der Waals surface area contributed by atoms with Crippen molar-refractivity contribution in [2.24, 2.45) is 0 Å². The summed E-state index contributed by atoms with van der Waals surface area (Å²) in [6.45, 7) is 2.78. The van der Waals surface area contributed by atoms with Crippen LogP contribution in [-0.2, 0) is 6.54 Å². The summed E-state index contributed by atoms with van der Waals surface area (Å²) in [6, 6.07) is 6.24. The first kappa shape index (κ1) is 13.4. The SMILES string of the molecule is Cc1csc(CNc2cc(Br)ccc2N(C)C)n1. The van der Waals surface area contributed by atoms with E-state index in [1.54, 1.807) is 11.3 Å². The lowest BCUT2D eigenvalue weighted by Crippen LogP contribution is -2.12. The molecule has 18 heavy (non-hydrogen) atoms. The third-order valence-electron chi connectivity index (χ3n) is 2.54. The van der Waals surface area contributed by atoms with Crippen LogP contribution in [0.5, 0.6) is 0 Å². The van der Waals surface area contributed by atoms with Crippen molar-refractivity contribution in [2.75, 3.05) is 24.3 Å². The van der Waals surface area contributed by atoms with Gasteiger partial charge in [-0.2, -0.15) is 0 Å². The summed E-state index contributed by atoms with van der Waals surface area (Å²) in [5.41, 5.74) is 3.37. The normalized spacial score (nSPS) is 10.4. The Balaban J connectivity index is 2.15. The molecule has 0 bridgehead atoms. The van der Waals surface area contributed by atoms with Gasteiger partial charge in [-0.15, -0.1) is 11.3 Å². The van der Waals surface area contributed by atoms with E-state index in [4.69, 9.17) is 0 Å². The molecule has 96 valence electrons. The molecule has 3 nitrogen and oxygen atoms in total. The van der Waals surface area contributed by atoms with E-state index in [-0.39, 0.29) is 0 Å². The third-order valence-corrected chi connectivity index (χ3v) is 4.00. The smallest absolute Gasteiger partial charge is 0.112 e. The first-order chi connectivity index (χ1) is 8.56. The largest absolute Gasteiger partial charge is 0.377 e. The number of nitrogens with one attached hydrogen (secondary N) is 1. The molecule has 2 aromatic rings. The van der Waals surface area contributed by atoms with E-state index >= 15 is 0 Å². The Kier molecular flexibility index (Phi) is 4.24. The number of hydrogen-bond acceptors (Lipinski definition) is 4. The Morgan fingerprint density at radius 3 is 2.78 bits per heavy atom. The number of benzene rings is 1. The van der Waals surface area contributed by atoms with Crippen LogP contribution >= 0.6 is 27.3 Å². The van der Waals surface area contributed by atoms with Crippen molar-refractivity contribution in [3.8, 4) is 0 Å². The zero-order valence-electron chi connectivity index (χ0n) is 10.7. The number of aryl methyl sites for hydroxylation is 1. The fourth-order valence-electron chi connectivity index (χ4n) is 1.69. The van der Waals surface area contributed by atoms with Crippen molar-refractivity contribution in [3.63, 3.8) is 0 Å². The second-order valence-electron chi connectivity index (χ2n) is 4.29. The fraction of sp³-hybridized carbons (Fsp3) is 0.308. The third kappa shape index (κ3) is 3.23. The fourth-order valence-corrected chi connectivity index (χ4v) is 2.77. The summed E-state index contributed by atoms with van der Waals surface area (Å²) >= 11 is 5.19. The van der Waals surface area contributed by atoms with Crippen LogP contribution in [0.4, 0.5) is 11.4 Å². The van der Waals surface area contributed by atoms with Gasteiger partial charge in [0.2, 0.25) is 0 Å². The summed E-state index contributed by atoms with van der Waals surface area (Å²) in [4.78, 5) is 6.55. The van der Waals surface area contributed by atoms with Gasteiger partial charge in [0.05, 0.1) is 17.9 Å². The maximum atomic E-state index is 4.45. The Hall–Kier alpha value is -1.07. The van der Waals surface area contributed by atoms with E-state index in [1.807, 2.05) is 27.1 Å². The minimum atomic E-state index is 0.760. The summed E-state index contributed by atoms with van der Waals surface area (Å²) in [5, 5.41) is 6.62. The van der Waals surface area contributed by atoms with Crippen molar-refractivity contribution in [3.05, 3.63) is 38.8 Å². The highest BCUT2D eigenvalue weighted by Gasteiger charge is 2.06.